The molecule has 236 valence electrons. The Morgan fingerprint density at radius 3 is 2.28 bits per heavy atom. The lowest BCUT2D eigenvalue weighted by Crippen LogP contribution is -2.57. The van der Waals surface area contributed by atoms with Gasteiger partial charge in [0.25, 0.3) is 0 Å². The van der Waals surface area contributed by atoms with E-state index in [2.05, 4.69) is 37.3 Å². The third-order valence-electron chi connectivity index (χ3n) is 11.4. The van der Waals surface area contributed by atoms with Crippen LogP contribution in [0.5, 0.6) is 0 Å². The Balaban J connectivity index is 1.04. The molecule has 0 bridgehead atoms. The number of hydrazine groups is 1. The van der Waals surface area contributed by atoms with E-state index in [9.17, 15) is 4.39 Å². The van der Waals surface area contributed by atoms with Crippen molar-refractivity contribution in [2.45, 2.75) is 63.2 Å². The van der Waals surface area contributed by atoms with Gasteiger partial charge in [-0.2, -0.15) is 0 Å². The Morgan fingerprint density at radius 2 is 1.63 bits per heavy atom. The molecule has 0 radical (unpaired) electrons. The SMILES string of the molecule is CNN(C)CCCc1ccc(N2CC(CN3CCC(C(CN4CCC4)(c4cccc(F)c4)C4CCCC4)CC3)C2)c(F)c1. The Labute approximate surface area is 258 Å². The van der Waals surface area contributed by atoms with Crippen LogP contribution in [0.2, 0.25) is 0 Å². The van der Waals surface area contributed by atoms with Gasteiger partial charge in [-0.1, -0.05) is 31.0 Å². The van der Waals surface area contributed by atoms with Crippen molar-refractivity contribution in [1.29, 1.82) is 0 Å². The number of likely N-dealkylation sites (tertiary alicyclic amines) is 2. The number of aryl methyl sites for hydroxylation is 1. The zero-order valence-corrected chi connectivity index (χ0v) is 26.5. The fraction of sp³-hybridized carbons (Fsp3) is 0.667. The fourth-order valence-corrected chi connectivity index (χ4v) is 8.76. The van der Waals surface area contributed by atoms with E-state index in [1.165, 1.54) is 63.6 Å². The van der Waals surface area contributed by atoms with Crippen LogP contribution >= 0.6 is 0 Å². The smallest absolute Gasteiger partial charge is 0.146 e. The van der Waals surface area contributed by atoms with Crippen LogP contribution in [0.1, 0.15) is 62.5 Å². The predicted octanol–water partition coefficient (Wildman–Crippen LogP) is 5.95. The summed E-state index contributed by atoms with van der Waals surface area (Å²) in [6.45, 7) is 9.64. The standard InChI is InChI=1S/C36H53F2N5/c1-39-40(2)17-6-8-28-13-14-35(34(38)22-28)43-25-29(26-43)24-41-20-15-31(16-21-41)36(27-42-18-7-19-42,30-9-3-4-10-30)32-11-5-12-33(37)23-32/h5,11-14,22-23,29-31,39H,3-4,6-10,15-21,24-27H2,1-2H3. The van der Waals surface area contributed by atoms with Crippen molar-refractivity contribution < 1.29 is 8.78 Å². The highest BCUT2D eigenvalue weighted by Crippen LogP contribution is 2.51. The van der Waals surface area contributed by atoms with Crippen LogP contribution in [-0.4, -0.2) is 87.8 Å². The van der Waals surface area contributed by atoms with Crippen molar-refractivity contribution in [3.05, 3.63) is 65.2 Å². The molecular formula is C36H53F2N5. The van der Waals surface area contributed by atoms with Gasteiger partial charge in [0.15, 0.2) is 0 Å². The maximum atomic E-state index is 15.0. The zero-order chi connectivity index (χ0) is 29.8. The van der Waals surface area contributed by atoms with E-state index in [1.54, 1.807) is 12.1 Å². The number of nitrogens with zero attached hydrogens (tertiary/aromatic N) is 4. The highest BCUT2D eigenvalue weighted by Gasteiger charge is 2.49. The molecule has 0 spiro atoms. The second-order valence-electron chi connectivity index (χ2n) is 14.0. The molecule has 1 unspecified atom stereocenters. The van der Waals surface area contributed by atoms with E-state index in [1.807, 2.05) is 32.3 Å². The van der Waals surface area contributed by atoms with Crippen molar-refractivity contribution in [1.82, 2.24) is 20.2 Å². The molecule has 4 fully saturated rings. The molecule has 5 nitrogen and oxygen atoms in total. The Bertz CT molecular complexity index is 1180. The van der Waals surface area contributed by atoms with Gasteiger partial charge in [-0.15, -0.1) is 0 Å². The van der Waals surface area contributed by atoms with E-state index < -0.39 is 0 Å². The Morgan fingerprint density at radius 1 is 0.884 bits per heavy atom. The van der Waals surface area contributed by atoms with Gasteiger partial charge in [-0.05, 0) is 125 Å². The second-order valence-corrected chi connectivity index (χ2v) is 14.0. The van der Waals surface area contributed by atoms with E-state index in [-0.39, 0.29) is 17.0 Å². The van der Waals surface area contributed by atoms with Crippen molar-refractivity contribution in [2.75, 3.05) is 77.9 Å². The number of hydrogen-bond donors (Lipinski definition) is 1. The van der Waals surface area contributed by atoms with E-state index in [0.29, 0.717) is 17.8 Å². The minimum atomic E-state index is -0.0844. The van der Waals surface area contributed by atoms with Crippen molar-refractivity contribution >= 4 is 5.69 Å². The number of rotatable bonds is 13. The monoisotopic (exact) mass is 593 g/mol. The van der Waals surface area contributed by atoms with Gasteiger partial charge >= 0.3 is 0 Å². The first-order valence-corrected chi connectivity index (χ1v) is 17.1. The molecule has 1 saturated carbocycles. The first-order valence-electron chi connectivity index (χ1n) is 17.1. The number of benzene rings is 2. The number of hydrogen-bond acceptors (Lipinski definition) is 5. The summed E-state index contributed by atoms with van der Waals surface area (Å²) in [5.74, 6) is 1.68. The van der Waals surface area contributed by atoms with E-state index >= 15 is 4.39 Å². The molecule has 4 aliphatic rings. The van der Waals surface area contributed by atoms with E-state index in [4.69, 9.17) is 0 Å². The number of anilines is 1. The number of halogens is 2. The third-order valence-corrected chi connectivity index (χ3v) is 11.4. The van der Waals surface area contributed by atoms with Gasteiger partial charge in [-0.25, -0.2) is 13.8 Å². The second kappa shape index (κ2) is 13.9. The number of nitrogens with one attached hydrogen (secondary N) is 1. The molecule has 1 N–H and O–H groups in total. The zero-order valence-electron chi connectivity index (χ0n) is 26.5. The van der Waals surface area contributed by atoms with Gasteiger partial charge in [-0.3, -0.25) is 5.43 Å². The molecule has 3 saturated heterocycles. The molecule has 6 rings (SSSR count). The van der Waals surface area contributed by atoms with Gasteiger partial charge in [0.2, 0.25) is 0 Å². The summed E-state index contributed by atoms with van der Waals surface area (Å²) in [5, 5.41) is 2.05. The molecular weight excluding hydrogens is 540 g/mol. The van der Waals surface area contributed by atoms with Gasteiger partial charge in [0, 0.05) is 51.1 Å². The van der Waals surface area contributed by atoms with Crippen molar-refractivity contribution in [2.24, 2.45) is 17.8 Å². The van der Waals surface area contributed by atoms with Crippen LogP contribution < -0.4 is 10.3 Å². The van der Waals surface area contributed by atoms with Gasteiger partial charge < -0.3 is 14.7 Å². The van der Waals surface area contributed by atoms with Crippen LogP contribution in [0.3, 0.4) is 0 Å². The van der Waals surface area contributed by atoms with Crippen molar-refractivity contribution in [3.63, 3.8) is 0 Å². The minimum Gasteiger partial charge on any atom is -0.368 e. The molecule has 1 aliphatic carbocycles. The lowest BCUT2D eigenvalue weighted by atomic mass is 9.58. The minimum absolute atomic E-state index is 0.0604. The average molecular weight is 594 g/mol. The van der Waals surface area contributed by atoms with Crippen LogP contribution in [0, 0.1) is 29.4 Å². The van der Waals surface area contributed by atoms with Gasteiger partial charge in [0.05, 0.1) is 5.69 Å². The molecule has 43 heavy (non-hydrogen) atoms. The maximum absolute atomic E-state index is 15.0. The summed E-state index contributed by atoms with van der Waals surface area (Å²) < 4.78 is 29.7. The summed E-state index contributed by atoms with van der Waals surface area (Å²) in [6.07, 6.45) is 10.8. The molecule has 1 atom stereocenters. The maximum Gasteiger partial charge on any atom is 0.146 e. The summed E-state index contributed by atoms with van der Waals surface area (Å²) in [5.41, 5.74) is 6.27. The molecule has 7 heteroatoms. The highest BCUT2D eigenvalue weighted by molar-refractivity contribution is 5.51. The molecule has 2 aromatic rings. The van der Waals surface area contributed by atoms with Crippen LogP contribution in [-0.2, 0) is 11.8 Å². The van der Waals surface area contributed by atoms with Crippen LogP contribution in [0.25, 0.3) is 0 Å². The molecule has 0 aromatic heterocycles. The summed E-state index contributed by atoms with van der Waals surface area (Å²) in [7, 11) is 3.94. The average Bonchev–Trinajstić information content (AvgIpc) is 3.51. The first-order chi connectivity index (χ1) is 20.9. The van der Waals surface area contributed by atoms with Crippen LogP contribution in [0.15, 0.2) is 42.5 Å². The third kappa shape index (κ3) is 6.95. The molecule has 2 aromatic carbocycles. The molecule has 3 aliphatic heterocycles. The number of piperidine rings is 1. The Hall–Kier alpha value is -2.06. The molecule has 3 heterocycles. The van der Waals surface area contributed by atoms with E-state index in [0.717, 1.165) is 69.9 Å². The largest absolute Gasteiger partial charge is 0.368 e. The normalized spacial score (nSPS) is 22.6. The van der Waals surface area contributed by atoms with Crippen molar-refractivity contribution in [3.8, 4) is 0 Å². The van der Waals surface area contributed by atoms with Gasteiger partial charge in [0.1, 0.15) is 11.6 Å². The topological polar surface area (TPSA) is 25.0 Å². The lowest BCUT2D eigenvalue weighted by Gasteiger charge is -2.53. The summed E-state index contributed by atoms with van der Waals surface area (Å²) in [6, 6.07) is 13.5. The first kappa shape index (κ1) is 30.9. The fourth-order valence-electron chi connectivity index (χ4n) is 8.76. The Kier molecular flexibility index (Phi) is 10.0. The lowest BCUT2D eigenvalue weighted by molar-refractivity contribution is 0.0297. The summed E-state index contributed by atoms with van der Waals surface area (Å²) >= 11 is 0. The summed E-state index contributed by atoms with van der Waals surface area (Å²) in [4.78, 5) is 7.52. The highest BCUT2D eigenvalue weighted by atomic mass is 19.1. The van der Waals surface area contributed by atoms with Crippen LogP contribution in [0.4, 0.5) is 14.5 Å². The predicted molar refractivity (Wildman–Crippen MR) is 172 cm³/mol. The quantitative estimate of drug-likeness (QED) is 0.290. The molecule has 0 amide bonds.